The normalized spacial score (nSPS) is 23.4. The number of amidine groups is 1. The van der Waals surface area contributed by atoms with Crippen LogP contribution in [0.4, 0.5) is 0 Å². The Hall–Kier alpha value is -1.93. The highest BCUT2D eigenvalue weighted by molar-refractivity contribution is 7.90. The van der Waals surface area contributed by atoms with Crippen LogP contribution < -0.4 is 10.6 Å². The number of carbonyl (C=O) groups excluding carboxylic acids is 1. The van der Waals surface area contributed by atoms with Gasteiger partial charge in [-0.25, -0.2) is 0 Å². The van der Waals surface area contributed by atoms with E-state index in [-0.39, 0.29) is 22.8 Å². The van der Waals surface area contributed by atoms with E-state index in [2.05, 4.69) is 15.0 Å². The first-order valence-electron chi connectivity index (χ1n) is 9.25. The number of nitrogens with one attached hydrogen (secondary N) is 2. The van der Waals surface area contributed by atoms with Crippen LogP contribution in [0.5, 0.6) is 0 Å². The number of hydrogen-bond acceptors (Lipinski definition) is 5. The van der Waals surface area contributed by atoms with E-state index >= 15 is 0 Å². The lowest BCUT2D eigenvalue weighted by atomic mass is 9.94. The summed E-state index contributed by atoms with van der Waals surface area (Å²) >= 11 is 0. The molecular formula is C18H24N4O3S. The van der Waals surface area contributed by atoms with Gasteiger partial charge in [-0.1, -0.05) is 12.1 Å². The van der Waals surface area contributed by atoms with Crippen LogP contribution in [0.3, 0.4) is 0 Å². The van der Waals surface area contributed by atoms with Crippen LogP contribution in [-0.2, 0) is 14.8 Å². The maximum Gasteiger partial charge on any atom is 0.285 e. The Kier molecular flexibility index (Phi) is 4.71. The van der Waals surface area contributed by atoms with Crippen molar-refractivity contribution in [2.24, 2.45) is 10.3 Å². The van der Waals surface area contributed by atoms with Crippen LogP contribution in [0.2, 0.25) is 0 Å². The lowest BCUT2D eigenvalue weighted by Gasteiger charge is -2.33. The van der Waals surface area contributed by atoms with E-state index < -0.39 is 10.0 Å². The summed E-state index contributed by atoms with van der Waals surface area (Å²) in [4.78, 5) is 14.8. The first-order valence-corrected chi connectivity index (χ1v) is 10.7. The van der Waals surface area contributed by atoms with Crippen molar-refractivity contribution in [3.8, 4) is 0 Å². The number of benzene rings is 1. The molecule has 8 heteroatoms. The number of amides is 1. The smallest absolute Gasteiger partial charge is 0.285 e. The average Bonchev–Trinajstić information content (AvgIpc) is 2.94. The van der Waals surface area contributed by atoms with Gasteiger partial charge in [-0.15, -0.1) is 4.40 Å². The molecule has 0 radical (unpaired) electrons. The molecule has 0 aliphatic carbocycles. The Morgan fingerprint density at radius 3 is 2.54 bits per heavy atom. The van der Waals surface area contributed by atoms with Gasteiger partial charge in [0.05, 0.1) is 0 Å². The highest BCUT2D eigenvalue weighted by Gasteiger charge is 2.34. The number of hydrogen-bond donors (Lipinski definition) is 2. The molecule has 3 aliphatic heterocycles. The molecule has 3 heterocycles. The molecule has 0 aromatic heterocycles. The minimum Gasteiger partial charge on any atom is -0.355 e. The summed E-state index contributed by atoms with van der Waals surface area (Å²) < 4.78 is 28.4. The van der Waals surface area contributed by atoms with Gasteiger partial charge in [0.1, 0.15) is 4.90 Å². The highest BCUT2D eigenvalue weighted by Crippen LogP contribution is 2.29. The van der Waals surface area contributed by atoms with Gasteiger partial charge < -0.3 is 15.5 Å². The number of likely N-dealkylation sites (tertiary alicyclic amines) is 1. The Labute approximate surface area is 153 Å². The van der Waals surface area contributed by atoms with E-state index in [1.54, 1.807) is 18.2 Å². The summed E-state index contributed by atoms with van der Waals surface area (Å²) in [6.45, 7) is 3.20. The number of nitrogens with zero attached hydrogens (tertiary/aromatic N) is 2. The summed E-state index contributed by atoms with van der Waals surface area (Å²) in [5.41, 5.74) is 0.671. The van der Waals surface area contributed by atoms with Gasteiger partial charge in [-0.05, 0) is 50.9 Å². The van der Waals surface area contributed by atoms with Crippen molar-refractivity contribution in [1.82, 2.24) is 15.5 Å². The summed E-state index contributed by atoms with van der Waals surface area (Å²) in [5, 5.41) is 6.48. The van der Waals surface area contributed by atoms with Crippen LogP contribution >= 0.6 is 0 Å². The van der Waals surface area contributed by atoms with Gasteiger partial charge in [0.25, 0.3) is 10.0 Å². The third-order valence-corrected chi connectivity index (χ3v) is 6.79. The Morgan fingerprint density at radius 1 is 1.12 bits per heavy atom. The second kappa shape index (κ2) is 7.00. The van der Waals surface area contributed by atoms with E-state index in [1.165, 1.54) is 0 Å². The zero-order valence-corrected chi connectivity index (χ0v) is 15.5. The molecule has 26 heavy (non-hydrogen) atoms. The summed E-state index contributed by atoms with van der Waals surface area (Å²) in [6.07, 6.45) is 3.40. The van der Waals surface area contributed by atoms with Crippen molar-refractivity contribution in [3.63, 3.8) is 0 Å². The van der Waals surface area contributed by atoms with Crippen molar-refractivity contribution in [2.45, 2.75) is 36.6 Å². The zero-order chi connectivity index (χ0) is 18.1. The topological polar surface area (TPSA) is 90.9 Å². The monoisotopic (exact) mass is 376 g/mol. The van der Waals surface area contributed by atoms with E-state index in [0.29, 0.717) is 24.5 Å². The first kappa shape index (κ1) is 17.5. The fraction of sp³-hybridized carbons (Fsp3) is 0.556. The van der Waals surface area contributed by atoms with Crippen LogP contribution in [-0.4, -0.2) is 57.3 Å². The number of fused-ring (bicyclic) bond motifs is 1. The van der Waals surface area contributed by atoms with Crippen LogP contribution in [0.25, 0.3) is 0 Å². The molecule has 0 spiro atoms. The van der Waals surface area contributed by atoms with Gasteiger partial charge in [-0.2, -0.15) is 8.42 Å². The minimum atomic E-state index is -3.59. The predicted octanol–water partition coefficient (Wildman–Crippen LogP) is 0.716. The molecule has 1 aromatic carbocycles. The maximum atomic E-state index is 12.5. The molecule has 1 aromatic rings. The minimum absolute atomic E-state index is 0.00464. The molecule has 2 N–H and O–H groups in total. The second-order valence-electron chi connectivity index (χ2n) is 7.18. The van der Waals surface area contributed by atoms with Gasteiger partial charge in [0.2, 0.25) is 5.91 Å². The van der Waals surface area contributed by atoms with Crippen molar-refractivity contribution in [1.29, 1.82) is 0 Å². The van der Waals surface area contributed by atoms with Crippen molar-refractivity contribution >= 4 is 21.8 Å². The quantitative estimate of drug-likeness (QED) is 0.794. The lowest BCUT2D eigenvalue weighted by Crippen LogP contribution is -2.47. The Balaban J connectivity index is 1.39. The SMILES string of the molecule is O=C(NC1CCNCC1)C1CCN(C2=NS(=O)(=O)c3ccccc32)CC1. The number of sulfonamides is 1. The van der Waals surface area contributed by atoms with E-state index in [4.69, 9.17) is 0 Å². The molecular weight excluding hydrogens is 352 g/mol. The fourth-order valence-electron chi connectivity index (χ4n) is 3.96. The Bertz CT molecular complexity index is 823. The molecule has 0 saturated carbocycles. The van der Waals surface area contributed by atoms with Crippen LogP contribution in [0, 0.1) is 5.92 Å². The summed E-state index contributed by atoms with van der Waals surface area (Å²) in [7, 11) is -3.59. The standard InChI is InChI=1S/C18H24N4O3S/c23-18(20-14-5-9-19-10-6-14)13-7-11-22(12-8-13)17-15-3-1-2-4-16(15)26(24,25)21-17/h1-4,13-14,19H,5-12H2,(H,20,23). The molecule has 140 valence electrons. The van der Waals surface area contributed by atoms with Crippen molar-refractivity contribution in [3.05, 3.63) is 29.8 Å². The molecule has 1 amide bonds. The third-order valence-electron chi connectivity index (χ3n) is 5.46. The highest BCUT2D eigenvalue weighted by atomic mass is 32.2. The number of rotatable bonds is 2. The molecule has 0 bridgehead atoms. The molecule has 7 nitrogen and oxygen atoms in total. The maximum absolute atomic E-state index is 12.5. The van der Waals surface area contributed by atoms with Crippen LogP contribution in [0.1, 0.15) is 31.2 Å². The predicted molar refractivity (Wildman–Crippen MR) is 98.5 cm³/mol. The lowest BCUT2D eigenvalue weighted by molar-refractivity contribution is -0.127. The molecule has 0 unspecified atom stereocenters. The van der Waals surface area contributed by atoms with E-state index in [0.717, 1.165) is 38.8 Å². The molecule has 4 rings (SSSR count). The molecule has 2 fully saturated rings. The Morgan fingerprint density at radius 2 is 1.81 bits per heavy atom. The van der Waals surface area contributed by atoms with Crippen LogP contribution in [0.15, 0.2) is 33.6 Å². The number of piperidine rings is 2. The second-order valence-corrected chi connectivity index (χ2v) is 8.75. The van der Waals surface area contributed by atoms with Gasteiger partial charge in [0.15, 0.2) is 5.84 Å². The van der Waals surface area contributed by atoms with Crippen molar-refractivity contribution in [2.75, 3.05) is 26.2 Å². The summed E-state index contributed by atoms with van der Waals surface area (Å²) in [5.74, 6) is 0.658. The van der Waals surface area contributed by atoms with Gasteiger partial charge >= 0.3 is 0 Å². The van der Waals surface area contributed by atoms with E-state index in [1.807, 2.05) is 11.0 Å². The molecule has 0 atom stereocenters. The molecule has 2 saturated heterocycles. The largest absolute Gasteiger partial charge is 0.355 e. The third kappa shape index (κ3) is 3.35. The average molecular weight is 376 g/mol. The van der Waals surface area contributed by atoms with E-state index in [9.17, 15) is 13.2 Å². The number of carbonyl (C=O) groups is 1. The van der Waals surface area contributed by atoms with Crippen molar-refractivity contribution < 1.29 is 13.2 Å². The fourth-order valence-corrected chi connectivity index (χ4v) is 5.18. The first-order chi connectivity index (χ1) is 12.5. The molecule has 3 aliphatic rings. The van der Waals surface area contributed by atoms with Gasteiger partial charge in [0, 0.05) is 30.6 Å². The van der Waals surface area contributed by atoms with Gasteiger partial charge in [-0.3, -0.25) is 4.79 Å². The summed E-state index contributed by atoms with van der Waals surface area (Å²) in [6, 6.07) is 7.22. The zero-order valence-electron chi connectivity index (χ0n) is 14.6.